The minimum atomic E-state index is -0.0152. The third kappa shape index (κ3) is 3.15. The van der Waals surface area contributed by atoms with Crippen molar-refractivity contribution in [3.63, 3.8) is 0 Å². The van der Waals surface area contributed by atoms with E-state index >= 15 is 0 Å². The van der Waals surface area contributed by atoms with E-state index in [1.807, 2.05) is 0 Å². The number of nitrogens with two attached hydrogens (primary N) is 1. The van der Waals surface area contributed by atoms with E-state index in [2.05, 4.69) is 29.2 Å². The fourth-order valence-corrected chi connectivity index (χ4v) is 1.56. The summed E-state index contributed by atoms with van der Waals surface area (Å²) in [4.78, 5) is 8.40. The summed E-state index contributed by atoms with van der Waals surface area (Å²) in [6, 6.07) is -0.0152. The van der Waals surface area contributed by atoms with Crippen molar-refractivity contribution >= 4 is 0 Å². The quantitative estimate of drug-likeness (QED) is 0.565. The second-order valence-electron chi connectivity index (χ2n) is 3.92. The summed E-state index contributed by atoms with van der Waals surface area (Å²) in [6.07, 6.45) is 5.29. The van der Waals surface area contributed by atoms with Crippen molar-refractivity contribution < 1.29 is 4.74 Å². The van der Waals surface area contributed by atoms with E-state index in [0.29, 0.717) is 11.8 Å². The summed E-state index contributed by atoms with van der Waals surface area (Å²) >= 11 is 0. The van der Waals surface area contributed by atoms with E-state index in [-0.39, 0.29) is 6.04 Å². The molecule has 0 saturated heterocycles. The summed E-state index contributed by atoms with van der Waals surface area (Å²) in [7, 11) is 1.59. The molecule has 0 bridgehead atoms. The first kappa shape index (κ1) is 12.9. The molecule has 1 aromatic heterocycles. The molecule has 2 atom stereocenters. The number of rotatable bonds is 6. The van der Waals surface area contributed by atoms with Gasteiger partial charge in [-0.1, -0.05) is 20.3 Å². The van der Waals surface area contributed by atoms with E-state index in [0.717, 1.165) is 18.5 Å². The van der Waals surface area contributed by atoms with Gasteiger partial charge in [-0.25, -0.2) is 4.98 Å². The number of hydrogen-bond donors (Lipinski definition) is 2. The van der Waals surface area contributed by atoms with Crippen molar-refractivity contribution in [1.29, 1.82) is 0 Å². The number of hydrogen-bond acceptors (Lipinski definition) is 5. The Morgan fingerprint density at radius 1 is 1.44 bits per heavy atom. The van der Waals surface area contributed by atoms with Gasteiger partial charge < -0.3 is 4.74 Å². The molecule has 2 unspecified atom stereocenters. The van der Waals surface area contributed by atoms with Gasteiger partial charge in [0.15, 0.2) is 0 Å². The zero-order chi connectivity index (χ0) is 12.0. The molecule has 0 spiro atoms. The number of aromatic nitrogens is 2. The van der Waals surface area contributed by atoms with Crippen molar-refractivity contribution in [2.45, 2.75) is 32.7 Å². The minimum absolute atomic E-state index is 0.0152. The highest BCUT2D eigenvalue weighted by Gasteiger charge is 2.19. The first-order valence-electron chi connectivity index (χ1n) is 5.53. The predicted octanol–water partition coefficient (Wildman–Crippen LogP) is 1.43. The van der Waals surface area contributed by atoms with Crippen LogP contribution in [0.4, 0.5) is 0 Å². The summed E-state index contributed by atoms with van der Waals surface area (Å²) in [5, 5.41) is 0. The molecule has 16 heavy (non-hydrogen) atoms. The Hall–Kier alpha value is -1.20. The normalized spacial score (nSPS) is 14.5. The fourth-order valence-electron chi connectivity index (χ4n) is 1.56. The smallest absolute Gasteiger partial charge is 0.237 e. The molecule has 5 nitrogen and oxygen atoms in total. The highest BCUT2D eigenvalue weighted by molar-refractivity contribution is 5.20. The SMILES string of the molecule is CCC(C)CC(NN)c1nccnc1OC. The fraction of sp³-hybridized carbons (Fsp3) is 0.636. The second-order valence-corrected chi connectivity index (χ2v) is 3.92. The van der Waals surface area contributed by atoms with Crippen LogP contribution in [-0.2, 0) is 0 Å². The molecule has 0 amide bonds. The molecule has 0 aliphatic carbocycles. The highest BCUT2D eigenvalue weighted by Crippen LogP contribution is 2.25. The average molecular weight is 224 g/mol. The molecule has 1 heterocycles. The average Bonchev–Trinajstić information content (AvgIpc) is 2.35. The van der Waals surface area contributed by atoms with Gasteiger partial charge in [0.25, 0.3) is 0 Å². The predicted molar refractivity (Wildman–Crippen MR) is 62.7 cm³/mol. The Morgan fingerprint density at radius 3 is 2.69 bits per heavy atom. The molecule has 1 rings (SSSR count). The van der Waals surface area contributed by atoms with Crippen LogP contribution in [0.1, 0.15) is 38.4 Å². The van der Waals surface area contributed by atoms with E-state index in [1.54, 1.807) is 19.5 Å². The summed E-state index contributed by atoms with van der Waals surface area (Å²) in [5.74, 6) is 6.67. The molecule has 0 fully saturated rings. The van der Waals surface area contributed by atoms with E-state index in [4.69, 9.17) is 10.6 Å². The molecule has 0 aliphatic heterocycles. The Bertz CT molecular complexity index is 319. The Labute approximate surface area is 96.4 Å². The summed E-state index contributed by atoms with van der Waals surface area (Å²) in [6.45, 7) is 4.35. The molecule has 1 aromatic rings. The van der Waals surface area contributed by atoms with Crippen LogP contribution in [0.5, 0.6) is 5.88 Å². The zero-order valence-electron chi connectivity index (χ0n) is 10.1. The van der Waals surface area contributed by atoms with Crippen LogP contribution in [0.2, 0.25) is 0 Å². The van der Waals surface area contributed by atoms with Gasteiger partial charge in [-0.2, -0.15) is 0 Å². The van der Waals surface area contributed by atoms with Crippen LogP contribution in [0.3, 0.4) is 0 Å². The third-order valence-corrected chi connectivity index (χ3v) is 2.75. The number of hydrazine groups is 1. The van der Waals surface area contributed by atoms with Gasteiger partial charge in [-0.3, -0.25) is 16.3 Å². The van der Waals surface area contributed by atoms with Gasteiger partial charge in [0.2, 0.25) is 5.88 Å². The maximum absolute atomic E-state index is 5.56. The Morgan fingerprint density at radius 2 is 2.12 bits per heavy atom. The minimum Gasteiger partial charge on any atom is -0.480 e. The lowest BCUT2D eigenvalue weighted by Gasteiger charge is -2.19. The van der Waals surface area contributed by atoms with Gasteiger partial charge in [-0.05, 0) is 12.3 Å². The molecular formula is C11H20N4O. The second kappa shape index (κ2) is 6.40. The van der Waals surface area contributed by atoms with Crippen LogP contribution in [0.25, 0.3) is 0 Å². The largest absolute Gasteiger partial charge is 0.480 e. The molecule has 0 aromatic carbocycles. The number of ether oxygens (including phenoxy) is 1. The van der Waals surface area contributed by atoms with Crippen molar-refractivity contribution in [3.8, 4) is 5.88 Å². The van der Waals surface area contributed by atoms with Gasteiger partial charge >= 0.3 is 0 Å². The van der Waals surface area contributed by atoms with Crippen molar-refractivity contribution in [2.75, 3.05) is 7.11 Å². The van der Waals surface area contributed by atoms with Crippen LogP contribution in [0, 0.1) is 5.92 Å². The molecule has 0 radical (unpaired) electrons. The number of methoxy groups -OCH3 is 1. The van der Waals surface area contributed by atoms with Gasteiger partial charge in [0.1, 0.15) is 5.69 Å². The van der Waals surface area contributed by atoms with Gasteiger partial charge in [0.05, 0.1) is 13.2 Å². The van der Waals surface area contributed by atoms with Crippen molar-refractivity contribution in [1.82, 2.24) is 15.4 Å². The van der Waals surface area contributed by atoms with Crippen molar-refractivity contribution in [2.24, 2.45) is 11.8 Å². The molecular weight excluding hydrogens is 204 g/mol. The monoisotopic (exact) mass is 224 g/mol. The standard InChI is InChI=1S/C11H20N4O/c1-4-8(2)7-9(15-12)10-11(16-3)14-6-5-13-10/h5-6,8-9,15H,4,7,12H2,1-3H3. The van der Waals surface area contributed by atoms with E-state index in [9.17, 15) is 0 Å². The lowest BCUT2D eigenvalue weighted by molar-refractivity contribution is 0.355. The van der Waals surface area contributed by atoms with Gasteiger partial charge in [0, 0.05) is 12.4 Å². The maximum Gasteiger partial charge on any atom is 0.237 e. The first-order valence-corrected chi connectivity index (χ1v) is 5.53. The third-order valence-electron chi connectivity index (χ3n) is 2.75. The molecule has 0 aliphatic rings. The van der Waals surface area contributed by atoms with Crippen LogP contribution in [0.15, 0.2) is 12.4 Å². The van der Waals surface area contributed by atoms with Crippen molar-refractivity contribution in [3.05, 3.63) is 18.1 Å². The Balaban J connectivity index is 2.85. The topological polar surface area (TPSA) is 73.1 Å². The van der Waals surface area contributed by atoms with Crippen LogP contribution >= 0.6 is 0 Å². The van der Waals surface area contributed by atoms with Crippen LogP contribution < -0.4 is 16.0 Å². The first-order chi connectivity index (χ1) is 7.72. The molecule has 0 saturated carbocycles. The van der Waals surface area contributed by atoms with E-state index < -0.39 is 0 Å². The summed E-state index contributed by atoms with van der Waals surface area (Å²) in [5.41, 5.74) is 3.55. The zero-order valence-corrected chi connectivity index (χ0v) is 10.1. The number of nitrogens with zero attached hydrogens (tertiary/aromatic N) is 2. The molecule has 5 heteroatoms. The molecule has 90 valence electrons. The maximum atomic E-state index is 5.56. The lowest BCUT2D eigenvalue weighted by atomic mass is 9.98. The lowest BCUT2D eigenvalue weighted by Crippen LogP contribution is -2.30. The highest BCUT2D eigenvalue weighted by atomic mass is 16.5. The summed E-state index contributed by atoms with van der Waals surface area (Å²) < 4.78 is 5.17. The Kier molecular flexibility index (Phi) is 5.14. The van der Waals surface area contributed by atoms with Crippen LogP contribution in [-0.4, -0.2) is 17.1 Å². The number of nitrogens with one attached hydrogen (secondary N) is 1. The molecule has 3 N–H and O–H groups in total. The van der Waals surface area contributed by atoms with Gasteiger partial charge in [-0.15, -0.1) is 0 Å². The van der Waals surface area contributed by atoms with E-state index in [1.165, 1.54) is 0 Å².